The molecule has 0 aromatic heterocycles. The normalized spacial score (nSPS) is 12.0. The zero-order valence-electron chi connectivity index (χ0n) is 15.6. The molecule has 0 aliphatic carbocycles. The second-order valence-electron chi connectivity index (χ2n) is 7.04. The van der Waals surface area contributed by atoms with Crippen molar-refractivity contribution in [1.29, 1.82) is 5.41 Å². The van der Waals surface area contributed by atoms with Crippen LogP contribution in [0.4, 0.5) is 4.79 Å². The van der Waals surface area contributed by atoms with Crippen LogP contribution in [-0.4, -0.2) is 42.7 Å². The maximum Gasteiger partial charge on any atom is 0.312 e. The van der Waals surface area contributed by atoms with Crippen molar-refractivity contribution >= 4 is 23.6 Å². The minimum Gasteiger partial charge on any atom is -0.353 e. The highest BCUT2D eigenvalue weighted by atomic mass is 16.2. The SMILES string of the molecule is Cc1ccccc1C(=N)C(=O)NC(C(=O)NCCNC(N)=O)C(C)(C)C. The average Bonchev–Trinajstić information content (AvgIpc) is 2.54. The van der Waals surface area contributed by atoms with Gasteiger partial charge in [-0.2, -0.15) is 0 Å². The van der Waals surface area contributed by atoms with E-state index in [9.17, 15) is 14.4 Å². The van der Waals surface area contributed by atoms with Crippen molar-refractivity contribution in [2.75, 3.05) is 13.1 Å². The summed E-state index contributed by atoms with van der Waals surface area (Å²) in [7, 11) is 0. The minimum absolute atomic E-state index is 0.180. The summed E-state index contributed by atoms with van der Waals surface area (Å²) in [5, 5.41) is 15.8. The largest absolute Gasteiger partial charge is 0.353 e. The van der Waals surface area contributed by atoms with E-state index in [4.69, 9.17) is 11.1 Å². The Labute approximate surface area is 153 Å². The lowest BCUT2D eigenvalue weighted by molar-refractivity contribution is -0.129. The second kappa shape index (κ2) is 8.98. The van der Waals surface area contributed by atoms with E-state index in [0.717, 1.165) is 5.56 Å². The Hall–Kier alpha value is -2.90. The predicted octanol–water partition coefficient (Wildman–Crippen LogP) is 0.678. The van der Waals surface area contributed by atoms with Crippen LogP contribution in [0, 0.1) is 17.7 Å². The fraction of sp³-hybridized carbons (Fsp3) is 0.444. The van der Waals surface area contributed by atoms with Crippen LogP contribution in [0.5, 0.6) is 0 Å². The Morgan fingerprint density at radius 2 is 1.69 bits per heavy atom. The number of nitrogens with one attached hydrogen (secondary N) is 4. The van der Waals surface area contributed by atoms with Crippen LogP contribution in [0.3, 0.4) is 0 Å². The van der Waals surface area contributed by atoms with E-state index in [0.29, 0.717) is 5.56 Å². The highest BCUT2D eigenvalue weighted by molar-refractivity contribution is 6.44. The smallest absolute Gasteiger partial charge is 0.312 e. The van der Waals surface area contributed by atoms with Crippen molar-refractivity contribution in [3.05, 3.63) is 35.4 Å². The lowest BCUT2D eigenvalue weighted by Crippen LogP contribution is -2.55. The number of carbonyl (C=O) groups excluding carboxylic acids is 3. The lowest BCUT2D eigenvalue weighted by Gasteiger charge is -2.30. The van der Waals surface area contributed by atoms with E-state index < -0.39 is 29.3 Å². The Kier molecular flexibility index (Phi) is 7.30. The summed E-state index contributed by atoms with van der Waals surface area (Å²) in [4.78, 5) is 35.6. The van der Waals surface area contributed by atoms with Gasteiger partial charge in [0.1, 0.15) is 11.8 Å². The molecular weight excluding hydrogens is 334 g/mol. The van der Waals surface area contributed by atoms with E-state index in [2.05, 4.69) is 16.0 Å². The Morgan fingerprint density at radius 3 is 2.23 bits per heavy atom. The first-order valence-corrected chi connectivity index (χ1v) is 8.30. The van der Waals surface area contributed by atoms with Crippen LogP contribution in [0.2, 0.25) is 0 Å². The number of primary amides is 1. The van der Waals surface area contributed by atoms with Crippen molar-refractivity contribution in [2.45, 2.75) is 33.7 Å². The maximum absolute atomic E-state index is 12.5. The van der Waals surface area contributed by atoms with Gasteiger partial charge in [-0.15, -0.1) is 0 Å². The predicted molar refractivity (Wildman–Crippen MR) is 100.0 cm³/mol. The molecule has 0 radical (unpaired) electrons. The molecule has 0 bridgehead atoms. The molecule has 1 rings (SSSR count). The third kappa shape index (κ3) is 6.19. The van der Waals surface area contributed by atoms with Gasteiger partial charge in [-0.1, -0.05) is 45.0 Å². The molecule has 142 valence electrons. The topological polar surface area (TPSA) is 137 Å². The van der Waals surface area contributed by atoms with Gasteiger partial charge in [0.25, 0.3) is 5.91 Å². The standard InChI is InChI=1S/C18H27N5O3/c1-11-7-5-6-8-12(11)13(19)15(24)23-14(18(2,3)4)16(25)21-9-10-22-17(20)26/h5-8,14,19H,9-10H2,1-4H3,(H,21,25)(H,23,24)(H3,20,22,26). The highest BCUT2D eigenvalue weighted by Gasteiger charge is 2.33. The molecule has 26 heavy (non-hydrogen) atoms. The molecule has 1 aromatic carbocycles. The quantitative estimate of drug-likeness (QED) is 0.361. The number of hydrogen-bond acceptors (Lipinski definition) is 4. The van der Waals surface area contributed by atoms with Crippen LogP contribution in [-0.2, 0) is 9.59 Å². The summed E-state index contributed by atoms with van der Waals surface area (Å²) >= 11 is 0. The molecule has 0 saturated heterocycles. The molecule has 4 amide bonds. The van der Waals surface area contributed by atoms with E-state index in [1.165, 1.54) is 0 Å². The number of aryl methyl sites for hydroxylation is 1. The number of benzene rings is 1. The summed E-state index contributed by atoms with van der Waals surface area (Å²) in [6, 6.07) is 5.58. The molecule has 1 aromatic rings. The second-order valence-corrected chi connectivity index (χ2v) is 7.04. The fourth-order valence-electron chi connectivity index (χ4n) is 2.33. The molecule has 0 fully saturated rings. The number of amides is 4. The first kappa shape index (κ1) is 21.1. The third-order valence-corrected chi connectivity index (χ3v) is 3.77. The first-order valence-electron chi connectivity index (χ1n) is 8.30. The summed E-state index contributed by atoms with van der Waals surface area (Å²) in [6.07, 6.45) is 0. The number of rotatable bonds is 7. The van der Waals surface area contributed by atoms with Gasteiger partial charge in [-0.05, 0) is 17.9 Å². The molecule has 8 nitrogen and oxygen atoms in total. The zero-order chi connectivity index (χ0) is 19.9. The molecule has 8 heteroatoms. The number of nitrogens with two attached hydrogens (primary N) is 1. The van der Waals surface area contributed by atoms with Gasteiger partial charge in [-0.3, -0.25) is 15.0 Å². The van der Waals surface area contributed by atoms with Gasteiger partial charge in [-0.25, -0.2) is 4.79 Å². The number of urea groups is 1. The van der Waals surface area contributed by atoms with Crippen molar-refractivity contribution in [3.8, 4) is 0 Å². The Bertz CT molecular complexity index is 694. The van der Waals surface area contributed by atoms with Crippen LogP contribution < -0.4 is 21.7 Å². The average molecular weight is 361 g/mol. The molecule has 0 heterocycles. The van der Waals surface area contributed by atoms with Gasteiger partial charge >= 0.3 is 6.03 Å². The summed E-state index contributed by atoms with van der Waals surface area (Å²) in [5.41, 5.74) is 5.53. The summed E-state index contributed by atoms with van der Waals surface area (Å²) in [5.74, 6) is -1.01. The highest BCUT2D eigenvalue weighted by Crippen LogP contribution is 2.20. The van der Waals surface area contributed by atoms with Gasteiger partial charge in [0.05, 0.1) is 0 Å². The van der Waals surface area contributed by atoms with Crippen LogP contribution in [0.25, 0.3) is 0 Å². The molecule has 0 saturated carbocycles. The van der Waals surface area contributed by atoms with Crippen LogP contribution in [0.1, 0.15) is 31.9 Å². The monoisotopic (exact) mass is 361 g/mol. The first-order chi connectivity index (χ1) is 12.0. The van der Waals surface area contributed by atoms with Gasteiger partial charge in [0, 0.05) is 18.7 Å². The van der Waals surface area contributed by atoms with E-state index in [-0.39, 0.29) is 18.8 Å². The van der Waals surface area contributed by atoms with Gasteiger partial charge < -0.3 is 21.7 Å². The zero-order valence-corrected chi connectivity index (χ0v) is 15.6. The summed E-state index contributed by atoms with van der Waals surface area (Å²) in [6.45, 7) is 7.63. The van der Waals surface area contributed by atoms with Crippen LogP contribution in [0.15, 0.2) is 24.3 Å². The molecule has 0 aliphatic heterocycles. The minimum atomic E-state index is -0.840. The van der Waals surface area contributed by atoms with Crippen molar-refractivity contribution in [1.82, 2.24) is 16.0 Å². The molecule has 1 atom stereocenters. The van der Waals surface area contributed by atoms with Crippen molar-refractivity contribution in [2.24, 2.45) is 11.1 Å². The van der Waals surface area contributed by atoms with E-state index in [1.807, 2.05) is 39.8 Å². The third-order valence-electron chi connectivity index (χ3n) is 3.77. The molecule has 0 spiro atoms. The van der Waals surface area contributed by atoms with E-state index >= 15 is 0 Å². The number of hydrogen-bond donors (Lipinski definition) is 5. The van der Waals surface area contributed by atoms with Crippen molar-refractivity contribution in [3.63, 3.8) is 0 Å². The summed E-state index contributed by atoms with van der Waals surface area (Å²) < 4.78 is 0. The van der Waals surface area contributed by atoms with E-state index in [1.54, 1.807) is 12.1 Å². The Balaban J connectivity index is 2.79. The van der Waals surface area contributed by atoms with Crippen LogP contribution >= 0.6 is 0 Å². The Morgan fingerprint density at radius 1 is 1.12 bits per heavy atom. The molecule has 0 aliphatic rings. The fourth-order valence-corrected chi connectivity index (χ4v) is 2.33. The molecule has 6 N–H and O–H groups in total. The molecule has 1 unspecified atom stereocenters. The van der Waals surface area contributed by atoms with Gasteiger partial charge in [0.15, 0.2) is 0 Å². The van der Waals surface area contributed by atoms with Crippen molar-refractivity contribution < 1.29 is 14.4 Å². The maximum atomic E-state index is 12.5. The van der Waals surface area contributed by atoms with Gasteiger partial charge in [0.2, 0.25) is 5.91 Å². The molecular formula is C18H27N5O3. The lowest BCUT2D eigenvalue weighted by atomic mass is 9.85. The number of carbonyl (C=O) groups is 3.